The molecule has 0 fully saturated rings. The first-order valence-electron chi connectivity index (χ1n) is 9.03. The molecule has 6 nitrogen and oxygen atoms in total. The zero-order valence-electron chi connectivity index (χ0n) is 15.3. The van der Waals surface area contributed by atoms with Gasteiger partial charge in [-0.2, -0.15) is 0 Å². The average Bonchev–Trinajstić information content (AvgIpc) is 3.27. The molecule has 138 valence electrons. The van der Waals surface area contributed by atoms with Gasteiger partial charge in [0.2, 0.25) is 5.91 Å². The van der Waals surface area contributed by atoms with Crippen molar-refractivity contribution in [2.24, 2.45) is 0 Å². The summed E-state index contributed by atoms with van der Waals surface area (Å²) in [6.07, 6.45) is 3.35. The summed E-state index contributed by atoms with van der Waals surface area (Å²) in [5.74, 6) is 1.55. The van der Waals surface area contributed by atoms with Crippen molar-refractivity contribution in [2.45, 2.75) is 39.3 Å². The number of rotatable bonds is 8. The molecular formula is C20H25N3O3. The number of furan rings is 1. The van der Waals surface area contributed by atoms with Crippen molar-refractivity contribution >= 4 is 16.9 Å². The van der Waals surface area contributed by atoms with Gasteiger partial charge in [0.15, 0.2) is 0 Å². The van der Waals surface area contributed by atoms with Crippen LogP contribution in [0.2, 0.25) is 0 Å². The fourth-order valence-corrected chi connectivity index (χ4v) is 3.28. The predicted molar refractivity (Wildman–Crippen MR) is 99.6 cm³/mol. The van der Waals surface area contributed by atoms with E-state index < -0.39 is 6.04 Å². The third-order valence-corrected chi connectivity index (χ3v) is 4.50. The van der Waals surface area contributed by atoms with Crippen molar-refractivity contribution in [1.82, 2.24) is 14.5 Å². The van der Waals surface area contributed by atoms with E-state index in [1.54, 1.807) is 17.2 Å². The minimum atomic E-state index is -0.412. The zero-order valence-corrected chi connectivity index (χ0v) is 15.3. The molecule has 1 aromatic carbocycles. The van der Waals surface area contributed by atoms with Gasteiger partial charge in [-0.25, -0.2) is 4.98 Å². The molecule has 0 aliphatic rings. The van der Waals surface area contributed by atoms with Gasteiger partial charge in [0, 0.05) is 13.0 Å². The standard InChI is InChI=1S/C20H25N3O3/c1-3-7-19-21-17-9-4-5-10-18(17)23(19)15(2)20(25)22(11-12-24)14-16-8-6-13-26-16/h4-6,8-10,13,15,24H,3,7,11-12,14H2,1-2H3/t15-/m1/s1. The Morgan fingerprint density at radius 1 is 1.31 bits per heavy atom. The van der Waals surface area contributed by atoms with Gasteiger partial charge >= 0.3 is 0 Å². The molecule has 3 aromatic rings. The normalized spacial score (nSPS) is 12.4. The molecule has 6 heteroatoms. The molecule has 0 unspecified atom stereocenters. The quantitative estimate of drug-likeness (QED) is 0.674. The van der Waals surface area contributed by atoms with Crippen LogP contribution in [0.15, 0.2) is 47.1 Å². The van der Waals surface area contributed by atoms with Crippen molar-refractivity contribution in [1.29, 1.82) is 0 Å². The SMILES string of the molecule is CCCc1nc2ccccc2n1[C@H](C)C(=O)N(CCO)Cc1ccco1. The highest BCUT2D eigenvalue weighted by Crippen LogP contribution is 2.24. The molecule has 3 rings (SSSR count). The van der Waals surface area contributed by atoms with Crippen LogP contribution in [0.1, 0.15) is 37.9 Å². The molecule has 1 atom stereocenters. The molecule has 0 aliphatic heterocycles. The molecule has 0 saturated carbocycles. The summed E-state index contributed by atoms with van der Waals surface area (Å²) < 4.78 is 7.39. The van der Waals surface area contributed by atoms with E-state index in [9.17, 15) is 9.90 Å². The maximum absolute atomic E-state index is 13.2. The minimum Gasteiger partial charge on any atom is -0.467 e. The fraction of sp³-hybridized carbons (Fsp3) is 0.400. The van der Waals surface area contributed by atoms with Crippen LogP contribution >= 0.6 is 0 Å². The number of amides is 1. The second-order valence-corrected chi connectivity index (χ2v) is 6.38. The molecule has 0 spiro atoms. The molecule has 1 N–H and O–H groups in total. The largest absolute Gasteiger partial charge is 0.467 e. The molecule has 0 bridgehead atoms. The third kappa shape index (κ3) is 3.65. The number of benzene rings is 1. The Morgan fingerprint density at radius 3 is 2.81 bits per heavy atom. The van der Waals surface area contributed by atoms with E-state index in [1.807, 2.05) is 41.8 Å². The van der Waals surface area contributed by atoms with Gasteiger partial charge in [0.05, 0.1) is 30.4 Å². The Kier molecular flexibility index (Phi) is 5.73. The number of carbonyl (C=O) groups is 1. The Hall–Kier alpha value is -2.60. The highest BCUT2D eigenvalue weighted by atomic mass is 16.3. The number of nitrogens with zero attached hydrogens (tertiary/aromatic N) is 3. The summed E-state index contributed by atoms with van der Waals surface area (Å²) in [6, 6.07) is 11.1. The maximum atomic E-state index is 13.2. The predicted octanol–water partition coefficient (Wildman–Crippen LogP) is 3.16. The number of imidazole rings is 1. The molecule has 26 heavy (non-hydrogen) atoms. The smallest absolute Gasteiger partial charge is 0.245 e. The number of carbonyl (C=O) groups excluding carboxylic acids is 1. The number of hydrogen-bond donors (Lipinski definition) is 1. The Bertz CT molecular complexity index is 854. The van der Waals surface area contributed by atoms with Crippen LogP contribution in [0.4, 0.5) is 0 Å². The lowest BCUT2D eigenvalue weighted by Crippen LogP contribution is -2.38. The number of aliphatic hydroxyl groups is 1. The van der Waals surface area contributed by atoms with Gasteiger partial charge in [-0.05, 0) is 37.6 Å². The van der Waals surface area contributed by atoms with Gasteiger partial charge in [-0.15, -0.1) is 0 Å². The van der Waals surface area contributed by atoms with E-state index in [-0.39, 0.29) is 19.1 Å². The molecular weight excluding hydrogens is 330 g/mol. The second-order valence-electron chi connectivity index (χ2n) is 6.38. The van der Waals surface area contributed by atoms with E-state index in [2.05, 4.69) is 6.92 Å². The monoisotopic (exact) mass is 355 g/mol. The number of hydrogen-bond acceptors (Lipinski definition) is 4. The summed E-state index contributed by atoms with van der Waals surface area (Å²) in [7, 11) is 0. The molecule has 0 aliphatic carbocycles. The van der Waals surface area contributed by atoms with Crippen molar-refractivity contribution in [3.63, 3.8) is 0 Å². The highest BCUT2D eigenvalue weighted by molar-refractivity contribution is 5.84. The Balaban J connectivity index is 1.93. The number of para-hydroxylation sites is 2. The summed E-state index contributed by atoms with van der Waals surface area (Å²) in [4.78, 5) is 19.5. The first-order chi connectivity index (χ1) is 12.7. The van der Waals surface area contributed by atoms with Gasteiger partial charge in [0.25, 0.3) is 0 Å². The first kappa shape index (κ1) is 18.2. The summed E-state index contributed by atoms with van der Waals surface area (Å²) >= 11 is 0. The Labute approximate surface area is 153 Å². The van der Waals surface area contributed by atoms with Gasteiger partial charge in [-0.3, -0.25) is 4.79 Å². The van der Waals surface area contributed by atoms with E-state index in [0.717, 1.165) is 29.7 Å². The highest BCUT2D eigenvalue weighted by Gasteiger charge is 2.26. The number of aryl methyl sites for hydroxylation is 1. The van der Waals surface area contributed by atoms with Crippen LogP contribution in [-0.2, 0) is 17.8 Å². The van der Waals surface area contributed by atoms with E-state index in [1.165, 1.54) is 0 Å². The van der Waals surface area contributed by atoms with E-state index >= 15 is 0 Å². The van der Waals surface area contributed by atoms with Crippen LogP contribution in [0, 0.1) is 0 Å². The molecule has 2 aromatic heterocycles. The van der Waals surface area contributed by atoms with Crippen molar-refractivity contribution in [2.75, 3.05) is 13.2 Å². The summed E-state index contributed by atoms with van der Waals surface area (Å²) in [6.45, 7) is 4.50. The van der Waals surface area contributed by atoms with Gasteiger partial charge in [-0.1, -0.05) is 19.1 Å². The number of aromatic nitrogens is 2. The lowest BCUT2D eigenvalue weighted by molar-refractivity contribution is -0.135. The zero-order chi connectivity index (χ0) is 18.5. The van der Waals surface area contributed by atoms with Gasteiger partial charge < -0.3 is 19.0 Å². The third-order valence-electron chi connectivity index (χ3n) is 4.50. The first-order valence-corrected chi connectivity index (χ1v) is 9.03. The van der Waals surface area contributed by atoms with E-state index in [4.69, 9.17) is 9.40 Å². The fourth-order valence-electron chi connectivity index (χ4n) is 3.28. The minimum absolute atomic E-state index is 0.0593. The van der Waals surface area contributed by atoms with Crippen molar-refractivity contribution in [3.05, 3.63) is 54.2 Å². The van der Waals surface area contributed by atoms with Crippen LogP contribution in [-0.4, -0.2) is 38.6 Å². The van der Waals surface area contributed by atoms with Crippen LogP contribution in [0.25, 0.3) is 11.0 Å². The van der Waals surface area contributed by atoms with Crippen molar-refractivity contribution < 1.29 is 14.3 Å². The second kappa shape index (κ2) is 8.19. The lowest BCUT2D eigenvalue weighted by atomic mass is 10.2. The summed E-state index contributed by atoms with van der Waals surface area (Å²) in [5.41, 5.74) is 1.86. The summed E-state index contributed by atoms with van der Waals surface area (Å²) in [5, 5.41) is 9.39. The molecule has 0 radical (unpaired) electrons. The lowest BCUT2D eigenvalue weighted by Gasteiger charge is -2.26. The number of fused-ring (bicyclic) bond motifs is 1. The maximum Gasteiger partial charge on any atom is 0.245 e. The topological polar surface area (TPSA) is 71.5 Å². The Morgan fingerprint density at radius 2 is 2.12 bits per heavy atom. The molecule has 0 saturated heterocycles. The van der Waals surface area contributed by atoms with Crippen LogP contribution in [0.3, 0.4) is 0 Å². The van der Waals surface area contributed by atoms with Crippen LogP contribution < -0.4 is 0 Å². The average molecular weight is 355 g/mol. The van der Waals surface area contributed by atoms with Crippen molar-refractivity contribution in [3.8, 4) is 0 Å². The number of aliphatic hydroxyl groups excluding tert-OH is 1. The van der Waals surface area contributed by atoms with Gasteiger partial charge in [0.1, 0.15) is 17.6 Å². The molecule has 2 heterocycles. The van der Waals surface area contributed by atoms with E-state index in [0.29, 0.717) is 12.3 Å². The molecule has 1 amide bonds. The van der Waals surface area contributed by atoms with Crippen LogP contribution in [0.5, 0.6) is 0 Å².